The van der Waals surface area contributed by atoms with E-state index in [1.165, 1.54) is 5.56 Å². The maximum Gasteiger partial charge on any atom is 0.0960 e. The molecule has 0 radical (unpaired) electrons. The molecule has 1 aromatic carbocycles. The maximum absolute atomic E-state index is 10.1. The van der Waals surface area contributed by atoms with E-state index in [4.69, 9.17) is 0 Å². The van der Waals surface area contributed by atoms with Crippen molar-refractivity contribution < 1.29 is 5.11 Å². The molecule has 0 spiro atoms. The number of nitrogens with zero attached hydrogens (tertiary/aromatic N) is 1. The molecule has 94 valence electrons. The van der Waals surface area contributed by atoms with Gasteiger partial charge in [0.2, 0.25) is 0 Å². The topological polar surface area (TPSA) is 33.1 Å². The van der Waals surface area contributed by atoms with Crippen molar-refractivity contribution in [2.45, 2.75) is 32.3 Å². The van der Waals surface area contributed by atoms with E-state index in [0.717, 1.165) is 30.5 Å². The van der Waals surface area contributed by atoms with Crippen molar-refractivity contribution >= 4 is 0 Å². The van der Waals surface area contributed by atoms with Gasteiger partial charge in [-0.05, 0) is 49.4 Å². The molecule has 2 rings (SSSR count). The first-order valence-electron chi connectivity index (χ1n) is 6.40. The van der Waals surface area contributed by atoms with E-state index >= 15 is 0 Å². The minimum absolute atomic E-state index is 0.450. The van der Waals surface area contributed by atoms with Crippen molar-refractivity contribution in [2.24, 2.45) is 0 Å². The molecule has 0 saturated heterocycles. The Morgan fingerprint density at radius 3 is 2.67 bits per heavy atom. The van der Waals surface area contributed by atoms with Gasteiger partial charge in [-0.15, -0.1) is 0 Å². The summed E-state index contributed by atoms with van der Waals surface area (Å²) in [4.78, 5) is 4.22. The SMILES string of the molecule is Cc1ccnc(C(O)CCCc2ccccc2)c1. The molecule has 1 atom stereocenters. The number of aromatic nitrogens is 1. The van der Waals surface area contributed by atoms with Crippen molar-refractivity contribution in [1.29, 1.82) is 0 Å². The van der Waals surface area contributed by atoms with Crippen LogP contribution in [0, 0.1) is 6.92 Å². The molecule has 0 aliphatic heterocycles. The second-order valence-electron chi connectivity index (χ2n) is 4.65. The number of benzene rings is 1. The van der Waals surface area contributed by atoms with Crippen LogP contribution in [0.1, 0.15) is 35.8 Å². The predicted octanol–water partition coefficient (Wildman–Crippen LogP) is 3.45. The zero-order valence-corrected chi connectivity index (χ0v) is 10.7. The van der Waals surface area contributed by atoms with Crippen LogP contribution in [0.2, 0.25) is 0 Å². The second-order valence-corrected chi connectivity index (χ2v) is 4.65. The third-order valence-corrected chi connectivity index (χ3v) is 3.06. The van der Waals surface area contributed by atoms with Crippen molar-refractivity contribution in [1.82, 2.24) is 4.98 Å². The molecule has 2 nitrogen and oxygen atoms in total. The van der Waals surface area contributed by atoms with Crippen LogP contribution in [0.5, 0.6) is 0 Å². The lowest BCUT2D eigenvalue weighted by molar-refractivity contribution is 0.160. The summed E-state index contributed by atoms with van der Waals surface area (Å²) in [6.45, 7) is 2.02. The van der Waals surface area contributed by atoms with Crippen LogP contribution in [-0.4, -0.2) is 10.1 Å². The predicted molar refractivity (Wildman–Crippen MR) is 73.3 cm³/mol. The van der Waals surface area contributed by atoms with Crippen LogP contribution in [0.25, 0.3) is 0 Å². The minimum atomic E-state index is -0.450. The highest BCUT2D eigenvalue weighted by molar-refractivity contribution is 5.17. The summed E-state index contributed by atoms with van der Waals surface area (Å²) < 4.78 is 0. The molecule has 2 aromatic rings. The number of hydrogen-bond donors (Lipinski definition) is 1. The maximum atomic E-state index is 10.1. The largest absolute Gasteiger partial charge is 0.387 e. The molecule has 0 bridgehead atoms. The van der Waals surface area contributed by atoms with Gasteiger partial charge in [-0.2, -0.15) is 0 Å². The van der Waals surface area contributed by atoms with Crippen molar-refractivity contribution in [3.8, 4) is 0 Å². The van der Waals surface area contributed by atoms with Gasteiger partial charge >= 0.3 is 0 Å². The zero-order valence-electron chi connectivity index (χ0n) is 10.7. The van der Waals surface area contributed by atoms with Gasteiger partial charge in [0.25, 0.3) is 0 Å². The summed E-state index contributed by atoms with van der Waals surface area (Å²) in [5.74, 6) is 0. The van der Waals surface area contributed by atoms with E-state index in [0.29, 0.717) is 0 Å². The first-order chi connectivity index (χ1) is 8.75. The van der Waals surface area contributed by atoms with E-state index in [9.17, 15) is 5.11 Å². The molecule has 0 aliphatic rings. The summed E-state index contributed by atoms with van der Waals surface area (Å²) in [6.07, 6.45) is 4.04. The third kappa shape index (κ3) is 3.67. The van der Waals surface area contributed by atoms with E-state index in [2.05, 4.69) is 17.1 Å². The first kappa shape index (κ1) is 12.8. The Hall–Kier alpha value is -1.67. The van der Waals surface area contributed by atoms with Gasteiger partial charge in [-0.1, -0.05) is 30.3 Å². The molecule has 1 aromatic heterocycles. The average Bonchev–Trinajstić information content (AvgIpc) is 2.40. The summed E-state index contributed by atoms with van der Waals surface area (Å²) in [5.41, 5.74) is 3.24. The first-order valence-corrected chi connectivity index (χ1v) is 6.40. The fourth-order valence-corrected chi connectivity index (χ4v) is 2.03. The highest BCUT2D eigenvalue weighted by Gasteiger charge is 2.08. The van der Waals surface area contributed by atoms with Crippen LogP contribution in [0.3, 0.4) is 0 Å². The standard InChI is InChI=1S/C16H19NO/c1-13-10-11-17-15(12-13)16(18)9-5-8-14-6-3-2-4-7-14/h2-4,6-7,10-12,16,18H,5,8-9H2,1H3. The fourth-order valence-electron chi connectivity index (χ4n) is 2.03. The van der Waals surface area contributed by atoms with Gasteiger partial charge in [0.15, 0.2) is 0 Å². The molecule has 0 amide bonds. The highest BCUT2D eigenvalue weighted by atomic mass is 16.3. The fraction of sp³-hybridized carbons (Fsp3) is 0.312. The molecule has 0 fully saturated rings. The summed E-state index contributed by atoms with van der Waals surface area (Å²) in [5, 5.41) is 10.1. The van der Waals surface area contributed by atoms with Gasteiger partial charge in [0, 0.05) is 6.20 Å². The Balaban J connectivity index is 1.83. The van der Waals surface area contributed by atoms with Crippen LogP contribution < -0.4 is 0 Å². The molecule has 18 heavy (non-hydrogen) atoms. The highest BCUT2D eigenvalue weighted by Crippen LogP contribution is 2.18. The van der Waals surface area contributed by atoms with Crippen molar-refractivity contribution in [2.75, 3.05) is 0 Å². The van der Waals surface area contributed by atoms with Gasteiger partial charge in [-0.3, -0.25) is 4.98 Å². The Morgan fingerprint density at radius 2 is 1.94 bits per heavy atom. The lowest BCUT2D eigenvalue weighted by Crippen LogP contribution is -2.01. The molecule has 1 heterocycles. The Kier molecular flexibility index (Phi) is 4.48. The average molecular weight is 241 g/mol. The van der Waals surface area contributed by atoms with Crippen LogP contribution in [0.15, 0.2) is 48.7 Å². The molecule has 0 aliphatic carbocycles. The quantitative estimate of drug-likeness (QED) is 0.869. The number of aliphatic hydroxyl groups excluding tert-OH is 1. The molecule has 2 heteroatoms. The lowest BCUT2D eigenvalue weighted by Gasteiger charge is -2.10. The summed E-state index contributed by atoms with van der Waals surface area (Å²) in [7, 11) is 0. The Morgan fingerprint density at radius 1 is 1.17 bits per heavy atom. The number of aliphatic hydroxyl groups is 1. The number of pyridine rings is 1. The summed E-state index contributed by atoms with van der Waals surface area (Å²) in [6, 6.07) is 14.3. The van der Waals surface area contributed by atoms with Crippen molar-refractivity contribution in [3.05, 3.63) is 65.5 Å². The molecular formula is C16H19NO. The zero-order chi connectivity index (χ0) is 12.8. The van der Waals surface area contributed by atoms with Crippen LogP contribution in [-0.2, 0) is 6.42 Å². The van der Waals surface area contributed by atoms with E-state index in [-0.39, 0.29) is 0 Å². The van der Waals surface area contributed by atoms with Gasteiger partial charge in [0.1, 0.15) is 0 Å². The Labute approximate surface area is 108 Å². The van der Waals surface area contributed by atoms with E-state index < -0.39 is 6.10 Å². The van der Waals surface area contributed by atoms with Gasteiger partial charge < -0.3 is 5.11 Å². The monoisotopic (exact) mass is 241 g/mol. The molecule has 1 N–H and O–H groups in total. The molecule has 0 saturated carbocycles. The number of rotatable bonds is 5. The van der Waals surface area contributed by atoms with Crippen LogP contribution in [0.4, 0.5) is 0 Å². The van der Waals surface area contributed by atoms with Crippen molar-refractivity contribution in [3.63, 3.8) is 0 Å². The molecule has 1 unspecified atom stereocenters. The van der Waals surface area contributed by atoms with Crippen LogP contribution >= 0.6 is 0 Å². The number of hydrogen-bond acceptors (Lipinski definition) is 2. The van der Waals surface area contributed by atoms with E-state index in [1.807, 2.05) is 37.3 Å². The van der Waals surface area contributed by atoms with Gasteiger partial charge in [0.05, 0.1) is 11.8 Å². The molecular weight excluding hydrogens is 222 g/mol. The minimum Gasteiger partial charge on any atom is -0.387 e. The second kappa shape index (κ2) is 6.31. The van der Waals surface area contributed by atoms with E-state index in [1.54, 1.807) is 6.20 Å². The van der Waals surface area contributed by atoms with Gasteiger partial charge in [-0.25, -0.2) is 0 Å². The Bertz CT molecular complexity index is 481. The third-order valence-electron chi connectivity index (χ3n) is 3.06. The normalized spacial score (nSPS) is 12.3. The number of aryl methyl sites for hydroxylation is 2. The lowest BCUT2D eigenvalue weighted by atomic mass is 10.0. The smallest absolute Gasteiger partial charge is 0.0960 e. The summed E-state index contributed by atoms with van der Waals surface area (Å²) >= 11 is 0.